The first-order valence-corrected chi connectivity index (χ1v) is 6.19. The number of aromatic nitrogens is 1. The minimum atomic E-state index is 0.786. The highest BCUT2D eigenvalue weighted by molar-refractivity contribution is 5.84. The van der Waals surface area contributed by atoms with Gasteiger partial charge in [-0.05, 0) is 55.5 Å². The number of nitrogens with two attached hydrogens (primary N) is 1. The Hall–Kier alpha value is -1.28. The van der Waals surface area contributed by atoms with Crippen molar-refractivity contribution in [1.29, 1.82) is 0 Å². The fraction of sp³-hybridized carbons (Fsp3) is 0.429. The number of hydrogen-bond donors (Lipinski definition) is 1. The molecule has 2 nitrogen and oxygen atoms in total. The first kappa shape index (κ1) is 9.91. The summed E-state index contributed by atoms with van der Waals surface area (Å²) < 4.78 is 2.39. The second-order valence-electron chi connectivity index (χ2n) is 4.70. The van der Waals surface area contributed by atoms with Crippen LogP contribution in [0.15, 0.2) is 24.4 Å². The molecule has 0 saturated carbocycles. The largest absolute Gasteiger partial charge is 0.347 e. The van der Waals surface area contributed by atoms with Gasteiger partial charge in [-0.15, -0.1) is 0 Å². The molecule has 1 aromatic heterocycles. The zero-order valence-corrected chi connectivity index (χ0v) is 9.58. The van der Waals surface area contributed by atoms with Gasteiger partial charge in [0.05, 0.1) is 5.52 Å². The van der Waals surface area contributed by atoms with Crippen molar-refractivity contribution in [3.05, 3.63) is 35.5 Å². The van der Waals surface area contributed by atoms with E-state index in [1.54, 1.807) is 0 Å². The van der Waals surface area contributed by atoms with Crippen molar-refractivity contribution in [2.75, 3.05) is 6.54 Å². The van der Waals surface area contributed by atoms with E-state index in [-0.39, 0.29) is 0 Å². The van der Waals surface area contributed by atoms with Crippen LogP contribution in [0.5, 0.6) is 0 Å². The molecular weight excluding hydrogens is 196 g/mol. The molecule has 1 aromatic carbocycles. The average Bonchev–Trinajstić information content (AvgIpc) is 2.72. The van der Waals surface area contributed by atoms with Gasteiger partial charge in [0.1, 0.15) is 0 Å². The summed E-state index contributed by atoms with van der Waals surface area (Å²) in [6.07, 6.45) is 6.93. The first-order valence-electron chi connectivity index (χ1n) is 6.19. The van der Waals surface area contributed by atoms with Crippen LogP contribution < -0.4 is 5.73 Å². The Morgan fingerprint density at radius 2 is 2.25 bits per heavy atom. The predicted molar refractivity (Wildman–Crippen MR) is 67.6 cm³/mol. The van der Waals surface area contributed by atoms with E-state index in [2.05, 4.69) is 29.0 Å². The molecule has 3 rings (SSSR count). The van der Waals surface area contributed by atoms with Crippen LogP contribution >= 0.6 is 0 Å². The summed E-state index contributed by atoms with van der Waals surface area (Å²) in [5, 5.41) is 1.41. The van der Waals surface area contributed by atoms with Crippen LogP contribution in [0.25, 0.3) is 10.9 Å². The topological polar surface area (TPSA) is 30.9 Å². The fourth-order valence-electron chi connectivity index (χ4n) is 2.78. The SMILES string of the molecule is NCCCc1cc2c3c(ccn3CCC2)c1. The third-order valence-corrected chi connectivity index (χ3v) is 3.51. The average molecular weight is 214 g/mol. The number of aryl methyl sites for hydroxylation is 3. The van der Waals surface area contributed by atoms with E-state index in [1.807, 2.05) is 0 Å². The molecule has 84 valence electrons. The first-order chi connectivity index (χ1) is 7.88. The van der Waals surface area contributed by atoms with Crippen LogP contribution in [0.4, 0.5) is 0 Å². The van der Waals surface area contributed by atoms with Crippen LogP contribution in [0, 0.1) is 0 Å². The van der Waals surface area contributed by atoms with Crippen molar-refractivity contribution >= 4 is 10.9 Å². The van der Waals surface area contributed by atoms with E-state index in [9.17, 15) is 0 Å². The summed E-state index contributed by atoms with van der Waals surface area (Å²) in [5.74, 6) is 0. The van der Waals surface area contributed by atoms with Gasteiger partial charge >= 0.3 is 0 Å². The Morgan fingerprint density at radius 3 is 3.12 bits per heavy atom. The van der Waals surface area contributed by atoms with Gasteiger partial charge in [-0.25, -0.2) is 0 Å². The molecular formula is C14H18N2. The van der Waals surface area contributed by atoms with Crippen LogP contribution in [0.3, 0.4) is 0 Å². The molecule has 0 saturated heterocycles. The summed E-state index contributed by atoms with van der Waals surface area (Å²) in [6.45, 7) is 1.97. The molecule has 0 radical (unpaired) electrons. The molecule has 2 heteroatoms. The molecule has 0 aliphatic carbocycles. The second kappa shape index (κ2) is 3.95. The van der Waals surface area contributed by atoms with Crippen molar-refractivity contribution in [2.45, 2.75) is 32.2 Å². The minimum absolute atomic E-state index is 0.786. The Balaban J connectivity index is 2.08. The number of rotatable bonds is 3. The standard InChI is InChI=1S/C14H18N2/c15-6-1-3-11-9-12-4-2-7-16-8-5-13(10-11)14(12)16/h5,8-10H,1-4,6-7,15H2. The van der Waals surface area contributed by atoms with Crippen LogP contribution in [0.2, 0.25) is 0 Å². The summed E-state index contributed by atoms with van der Waals surface area (Å²) in [6, 6.07) is 6.96. The van der Waals surface area contributed by atoms with Crippen LogP contribution in [0.1, 0.15) is 24.0 Å². The highest BCUT2D eigenvalue weighted by Gasteiger charge is 2.12. The van der Waals surface area contributed by atoms with E-state index < -0.39 is 0 Å². The molecule has 0 amide bonds. The lowest BCUT2D eigenvalue weighted by Crippen LogP contribution is -2.07. The maximum absolute atomic E-state index is 5.57. The minimum Gasteiger partial charge on any atom is -0.347 e. The van der Waals surface area contributed by atoms with Crippen LogP contribution in [-0.2, 0) is 19.4 Å². The number of nitrogens with zero attached hydrogens (tertiary/aromatic N) is 1. The lowest BCUT2D eigenvalue weighted by Gasteiger charge is -2.16. The van der Waals surface area contributed by atoms with Gasteiger partial charge in [-0.1, -0.05) is 6.07 Å². The zero-order chi connectivity index (χ0) is 11.0. The molecule has 16 heavy (non-hydrogen) atoms. The Labute approximate surface area is 96.1 Å². The molecule has 0 unspecified atom stereocenters. The summed E-state index contributed by atoms with van der Waals surface area (Å²) in [4.78, 5) is 0. The second-order valence-corrected chi connectivity index (χ2v) is 4.70. The molecule has 0 spiro atoms. The van der Waals surface area contributed by atoms with Gasteiger partial charge in [-0.2, -0.15) is 0 Å². The molecule has 2 aromatic rings. The molecule has 2 heterocycles. The lowest BCUT2D eigenvalue weighted by atomic mass is 9.98. The monoisotopic (exact) mass is 214 g/mol. The number of benzene rings is 1. The van der Waals surface area contributed by atoms with Crippen molar-refractivity contribution in [3.63, 3.8) is 0 Å². The smallest absolute Gasteiger partial charge is 0.0513 e. The fourth-order valence-corrected chi connectivity index (χ4v) is 2.78. The van der Waals surface area contributed by atoms with Gasteiger partial charge in [0.25, 0.3) is 0 Å². The Bertz CT molecular complexity index is 511. The van der Waals surface area contributed by atoms with E-state index in [0.29, 0.717) is 0 Å². The van der Waals surface area contributed by atoms with E-state index in [0.717, 1.165) is 19.4 Å². The van der Waals surface area contributed by atoms with Gasteiger partial charge in [-0.3, -0.25) is 0 Å². The van der Waals surface area contributed by atoms with Gasteiger partial charge in [0.15, 0.2) is 0 Å². The Morgan fingerprint density at radius 1 is 1.31 bits per heavy atom. The molecule has 1 aliphatic heterocycles. The Kier molecular flexibility index (Phi) is 2.44. The lowest BCUT2D eigenvalue weighted by molar-refractivity contribution is 0.635. The molecule has 0 fully saturated rings. The highest BCUT2D eigenvalue weighted by atomic mass is 15.0. The summed E-state index contributed by atoms with van der Waals surface area (Å²) in [5.41, 5.74) is 10.0. The third kappa shape index (κ3) is 1.54. The van der Waals surface area contributed by atoms with E-state index in [1.165, 1.54) is 41.4 Å². The molecule has 1 aliphatic rings. The molecule has 2 N–H and O–H groups in total. The van der Waals surface area contributed by atoms with Gasteiger partial charge in [0, 0.05) is 18.1 Å². The molecule has 0 bridgehead atoms. The quantitative estimate of drug-likeness (QED) is 0.836. The van der Waals surface area contributed by atoms with Crippen LogP contribution in [-0.4, -0.2) is 11.1 Å². The highest BCUT2D eigenvalue weighted by Crippen LogP contribution is 2.28. The molecule has 0 atom stereocenters. The number of hydrogen-bond acceptors (Lipinski definition) is 1. The summed E-state index contributed by atoms with van der Waals surface area (Å²) in [7, 11) is 0. The van der Waals surface area contributed by atoms with Crippen molar-refractivity contribution in [2.24, 2.45) is 5.73 Å². The third-order valence-electron chi connectivity index (χ3n) is 3.51. The van der Waals surface area contributed by atoms with Crippen molar-refractivity contribution < 1.29 is 0 Å². The van der Waals surface area contributed by atoms with E-state index >= 15 is 0 Å². The van der Waals surface area contributed by atoms with Gasteiger partial charge < -0.3 is 10.3 Å². The normalized spacial score (nSPS) is 14.6. The zero-order valence-electron chi connectivity index (χ0n) is 9.58. The predicted octanol–water partition coefficient (Wildman–Crippen LogP) is 2.48. The van der Waals surface area contributed by atoms with Gasteiger partial charge in [0.2, 0.25) is 0 Å². The van der Waals surface area contributed by atoms with Crippen molar-refractivity contribution in [3.8, 4) is 0 Å². The van der Waals surface area contributed by atoms with E-state index in [4.69, 9.17) is 5.73 Å². The maximum Gasteiger partial charge on any atom is 0.0513 e. The summed E-state index contributed by atoms with van der Waals surface area (Å²) >= 11 is 0. The maximum atomic E-state index is 5.57. The van der Waals surface area contributed by atoms with Crippen molar-refractivity contribution in [1.82, 2.24) is 4.57 Å².